The van der Waals surface area contributed by atoms with Gasteiger partial charge < -0.3 is 19.0 Å². The van der Waals surface area contributed by atoms with E-state index in [1.54, 1.807) is 6.07 Å². The summed E-state index contributed by atoms with van der Waals surface area (Å²) in [5, 5.41) is 7.71. The van der Waals surface area contributed by atoms with Crippen molar-refractivity contribution in [3.8, 4) is 5.75 Å². The second-order valence-electron chi connectivity index (χ2n) is 7.59. The molecule has 0 aromatic heterocycles. The quantitative estimate of drug-likeness (QED) is 0.0468. The van der Waals surface area contributed by atoms with Gasteiger partial charge in [0, 0.05) is 17.1 Å². The molecule has 0 fully saturated rings. The second kappa shape index (κ2) is 17.6. The molecule has 2 N–H and O–H groups in total. The maximum absolute atomic E-state index is 12.8. The van der Waals surface area contributed by atoms with Crippen LogP contribution in [0.15, 0.2) is 97.7 Å². The van der Waals surface area contributed by atoms with Gasteiger partial charge >= 0.3 is 109 Å². The summed E-state index contributed by atoms with van der Waals surface area (Å²) in [4.78, 5) is -1.57. The normalized spacial score (nSPS) is 11.2. The predicted molar refractivity (Wildman–Crippen MR) is 138 cm³/mol. The molecule has 0 unspecified atom stereocenters. The average molecular weight is 710 g/mol. The molecule has 0 amide bonds. The molecule has 0 bridgehead atoms. The minimum absolute atomic E-state index is 0. The molecule has 0 aliphatic heterocycles. The topological polar surface area (TPSA) is 260 Å². The Morgan fingerprint density at radius 2 is 1.30 bits per heavy atom. The molecule has 0 radical (unpaired) electrons. The fourth-order valence-electron chi connectivity index (χ4n) is 3.21. The van der Waals surface area contributed by atoms with E-state index in [2.05, 4.69) is 16.3 Å². The summed E-state index contributed by atoms with van der Waals surface area (Å²) in [5.74, 6) is -0.526. The number of nitrogens with zero attached hydrogens (tertiary/aromatic N) is 2. The second-order valence-corrected chi connectivity index (χ2v) is 12.3. The number of hydrogen-bond donors (Lipinski definition) is 1. The van der Waals surface area contributed by atoms with Crippen molar-refractivity contribution in [2.45, 2.75) is 14.7 Å². The SMILES string of the molecule is Nc1ccc(N=Nc2[c-]cc(S(=O)(=O)[O-])cc2)c2cc(S(=O)(=O)[O-])cc(OS(=O)(=O)c3ccccc3)c12.O=S(=O)=O.[Na+].[Na+].[Na+]. The van der Waals surface area contributed by atoms with Crippen LogP contribution >= 0.6 is 0 Å². The summed E-state index contributed by atoms with van der Waals surface area (Å²) in [5.41, 5.74) is 6.00. The van der Waals surface area contributed by atoms with E-state index in [0.29, 0.717) is 0 Å². The van der Waals surface area contributed by atoms with Gasteiger partial charge in [-0.25, -0.2) is 8.42 Å². The summed E-state index contributed by atoms with van der Waals surface area (Å²) in [7, 11) is -17.3. The minimum atomic E-state index is -5.08. The van der Waals surface area contributed by atoms with E-state index in [0.717, 1.165) is 30.3 Å². The fraction of sp³-hybridized carbons (Fsp3) is 0. The third kappa shape index (κ3) is 11.8. The van der Waals surface area contributed by atoms with Crippen molar-refractivity contribution in [1.29, 1.82) is 0 Å². The minimum Gasteiger partial charge on any atom is -0.754 e. The van der Waals surface area contributed by atoms with Crippen LogP contribution in [0.4, 0.5) is 17.1 Å². The molecule has 0 saturated heterocycles. The van der Waals surface area contributed by atoms with Gasteiger partial charge in [-0.3, -0.25) is 8.42 Å². The fourth-order valence-corrected chi connectivity index (χ4v) is 5.12. The first kappa shape index (κ1) is 42.7. The Labute approximate surface area is 319 Å². The van der Waals surface area contributed by atoms with E-state index >= 15 is 0 Å². The van der Waals surface area contributed by atoms with Crippen LogP contribution in [-0.4, -0.2) is 47.0 Å². The van der Waals surface area contributed by atoms with E-state index in [9.17, 15) is 34.4 Å². The molecule has 4 aromatic rings. The van der Waals surface area contributed by atoms with Crippen molar-refractivity contribution in [2.75, 3.05) is 5.73 Å². The molecular weight excluding hydrogens is 695 g/mol. The number of hydrogen-bond acceptors (Lipinski definition) is 15. The molecule has 15 nitrogen and oxygen atoms in total. The number of nitrogen functional groups attached to an aromatic ring is 1. The first-order valence-electron chi connectivity index (χ1n) is 10.5. The van der Waals surface area contributed by atoms with Gasteiger partial charge in [-0.1, -0.05) is 23.1 Å². The Morgan fingerprint density at radius 3 is 1.80 bits per heavy atom. The van der Waals surface area contributed by atoms with Gasteiger partial charge in [0.25, 0.3) is 0 Å². The maximum atomic E-state index is 12.8. The zero-order chi connectivity index (χ0) is 30.6. The van der Waals surface area contributed by atoms with Gasteiger partial charge in [0.2, 0.25) is 0 Å². The van der Waals surface area contributed by atoms with E-state index in [1.165, 1.54) is 36.4 Å². The molecule has 4 rings (SSSR count). The Balaban J connectivity index is 0.00000249. The molecule has 0 aliphatic rings. The Bertz CT molecular complexity index is 2090. The molecule has 0 atom stereocenters. The van der Waals surface area contributed by atoms with Gasteiger partial charge in [0.05, 0.1) is 26.1 Å². The first-order valence-corrected chi connectivity index (χ1v) is 15.7. The van der Waals surface area contributed by atoms with Crippen molar-refractivity contribution in [1.82, 2.24) is 0 Å². The van der Waals surface area contributed by atoms with Crippen molar-refractivity contribution in [3.63, 3.8) is 0 Å². The average Bonchev–Trinajstić information content (AvgIpc) is 2.87. The number of nitrogens with two attached hydrogens (primary N) is 1. The molecule has 0 aliphatic carbocycles. The van der Waals surface area contributed by atoms with Crippen LogP contribution < -0.4 is 98.6 Å². The number of benzene rings is 4. The summed E-state index contributed by atoms with van der Waals surface area (Å²) in [6.45, 7) is 0. The smallest absolute Gasteiger partial charge is 0.754 e. The molecule has 0 saturated carbocycles. The zero-order valence-electron chi connectivity index (χ0n) is 22.9. The molecule has 0 heterocycles. The van der Waals surface area contributed by atoms with Crippen LogP contribution in [0.2, 0.25) is 0 Å². The molecular formula is C22H14N3Na3O12S4. The first-order chi connectivity index (χ1) is 19.0. The number of rotatable bonds is 7. The third-order valence-electron chi connectivity index (χ3n) is 4.90. The zero-order valence-corrected chi connectivity index (χ0v) is 32.2. The van der Waals surface area contributed by atoms with Crippen LogP contribution in [-0.2, 0) is 41.0 Å². The van der Waals surface area contributed by atoms with Crippen LogP contribution in [0.3, 0.4) is 0 Å². The summed E-state index contributed by atoms with van der Waals surface area (Å²) in [6.07, 6.45) is 0. The Morgan fingerprint density at radius 1 is 0.727 bits per heavy atom. The number of anilines is 1. The third-order valence-corrected chi connectivity index (χ3v) is 7.80. The maximum Gasteiger partial charge on any atom is 1.00 e. The summed E-state index contributed by atoms with van der Waals surface area (Å²) in [6, 6.07) is 16.9. The monoisotopic (exact) mass is 709 g/mol. The van der Waals surface area contributed by atoms with Gasteiger partial charge in [0.1, 0.15) is 15.0 Å². The molecule has 0 spiro atoms. The molecule has 216 valence electrons. The van der Waals surface area contributed by atoms with Crippen LogP contribution in [0.1, 0.15) is 0 Å². The Hall–Kier alpha value is -1.27. The molecule has 22 heteroatoms. The molecule has 4 aromatic carbocycles. The van der Waals surface area contributed by atoms with Crippen molar-refractivity contribution in [3.05, 3.63) is 78.9 Å². The number of fused-ring (bicyclic) bond motifs is 1. The van der Waals surface area contributed by atoms with Gasteiger partial charge in [0.15, 0.2) is 5.75 Å². The van der Waals surface area contributed by atoms with Crippen LogP contribution in [0, 0.1) is 6.07 Å². The number of azo groups is 1. The van der Waals surface area contributed by atoms with E-state index in [1.807, 2.05) is 0 Å². The van der Waals surface area contributed by atoms with Gasteiger partial charge in [-0.15, -0.1) is 18.7 Å². The van der Waals surface area contributed by atoms with Crippen molar-refractivity contribution < 1.29 is 140 Å². The van der Waals surface area contributed by atoms with Gasteiger partial charge in [-0.2, -0.15) is 36.8 Å². The van der Waals surface area contributed by atoms with Crippen molar-refractivity contribution >= 4 is 68.8 Å². The standard InChI is InChI=1S/C22H16N3O9S3.3Na.O3S/c23-19-10-11-20(25-24-14-6-8-15(9-7-14)35(26,27)28)18-12-17(36(29,30)31)13-21(22(18)19)34-37(32,33)16-4-2-1-3-5-16;;;;1-4(2)3/h1-6,8-13H,23H2,(H,26,27,28)(H,29,30,31);;;;/q-1;3*+1;/p-2. The largest absolute Gasteiger partial charge is 1.00 e. The summed E-state index contributed by atoms with van der Waals surface area (Å²) >= 11 is 0. The summed E-state index contributed by atoms with van der Waals surface area (Å²) < 4.78 is 125. The van der Waals surface area contributed by atoms with Crippen LogP contribution in [0.5, 0.6) is 5.75 Å². The van der Waals surface area contributed by atoms with Gasteiger partial charge in [-0.05, 0) is 36.0 Å². The Kier molecular flexibility index (Phi) is 17.1. The van der Waals surface area contributed by atoms with Crippen molar-refractivity contribution in [2.24, 2.45) is 10.2 Å². The van der Waals surface area contributed by atoms with E-state index in [4.69, 9.17) is 22.5 Å². The van der Waals surface area contributed by atoms with Crippen LogP contribution in [0.25, 0.3) is 10.8 Å². The predicted octanol–water partition coefficient (Wildman–Crippen LogP) is -6.78. The van der Waals surface area contributed by atoms with E-state index < -0.39 is 56.5 Å². The molecule has 44 heavy (non-hydrogen) atoms. The van der Waals surface area contributed by atoms with E-state index in [-0.39, 0.29) is 121 Å².